The van der Waals surface area contributed by atoms with Crippen molar-refractivity contribution in [2.45, 2.75) is 25.8 Å². The molecule has 1 aliphatic carbocycles. The van der Waals surface area contributed by atoms with Gasteiger partial charge in [0.1, 0.15) is 10.6 Å². The predicted molar refractivity (Wildman–Crippen MR) is 98.1 cm³/mol. The number of anilines is 1. The molecule has 1 fully saturated rings. The van der Waals surface area contributed by atoms with E-state index in [4.69, 9.17) is 17.0 Å². The molecule has 1 aliphatic rings. The van der Waals surface area contributed by atoms with E-state index in [1.807, 2.05) is 35.7 Å². The van der Waals surface area contributed by atoms with Crippen molar-refractivity contribution in [3.63, 3.8) is 0 Å². The van der Waals surface area contributed by atoms with Crippen LogP contribution in [0, 0.1) is 0 Å². The first-order valence-electron chi connectivity index (χ1n) is 7.60. The molecule has 2 aromatic rings. The summed E-state index contributed by atoms with van der Waals surface area (Å²) in [6, 6.07) is 10.3. The van der Waals surface area contributed by atoms with Gasteiger partial charge in [0, 0.05) is 17.0 Å². The lowest BCUT2D eigenvalue weighted by atomic mass is 10.0. The zero-order valence-electron chi connectivity index (χ0n) is 12.8. The number of thiocarbonyl (C=S) groups is 1. The van der Waals surface area contributed by atoms with Gasteiger partial charge in [0.25, 0.3) is 0 Å². The average molecular weight is 346 g/mol. The molecule has 0 bridgehead atoms. The number of carbonyl (C=O) groups excluding carboxylic acids is 1. The lowest BCUT2D eigenvalue weighted by molar-refractivity contribution is 0.0529. The van der Waals surface area contributed by atoms with E-state index in [2.05, 4.69) is 10.6 Å². The molecule has 1 heterocycles. The minimum atomic E-state index is -0.329. The van der Waals surface area contributed by atoms with E-state index < -0.39 is 0 Å². The van der Waals surface area contributed by atoms with Crippen molar-refractivity contribution in [3.8, 4) is 11.1 Å². The summed E-state index contributed by atoms with van der Waals surface area (Å²) in [5, 5.41) is 9.61. The highest BCUT2D eigenvalue weighted by atomic mass is 32.1. The van der Waals surface area contributed by atoms with Crippen molar-refractivity contribution in [2.75, 3.05) is 11.9 Å². The van der Waals surface area contributed by atoms with Crippen LogP contribution < -0.4 is 10.6 Å². The van der Waals surface area contributed by atoms with E-state index in [9.17, 15) is 4.79 Å². The summed E-state index contributed by atoms with van der Waals surface area (Å²) in [4.78, 5) is 12.4. The van der Waals surface area contributed by atoms with E-state index in [1.54, 1.807) is 6.92 Å². The van der Waals surface area contributed by atoms with Crippen LogP contribution in [-0.2, 0) is 4.74 Å². The van der Waals surface area contributed by atoms with E-state index in [1.165, 1.54) is 11.3 Å². The molecule has 0 atom stereocenters. The minimum absolute atomic E-state index is 0.329. The fourth-order valence-corrected chi connectivity index (χ4v) is 3.53. The summed E-state index contributed by atoms with van der Waals surface area (Å²) in [7, 11) is 0. The Hall–Kier alpha value is -1.92. The van der Waals surface area contributed by atoms with Gasteiger partial charge in [0.15, 0.2) is 5.11 Å². The van der Waals surface area contributed by atoms with Crippen molar-refractivity contribution < 1.29 is 9.53 Å². The largest absolute Gasteiger partial charge is 0.462 e. The second-order valence-corrected chi connectivity index (χ2v) is 6.60. The molecule has 0 saturated heterocycles. The predicted octanol–water partition coefficient (Wildman–Crippen LogP) is 4.04. The normalized spacial score (nSPS) is 13.4. The van der Waals surface area contributed by atoms with Crippen LogP contribution in [0.5, 0.6) is 0 Å². The van der Waals surface area contributed by atoms with Crippen LogP contribution in [0.2, 0.25) is 0 Å². The number of benzene rings is 1. The van der Waals surface area contributed by atoms with Crippen molar-refractivity contribution in [1.29, 1.82) is 0 Å². The molecule has 6 heteroatoms. The highest BCUT2D eigenvalue weighted by Crippen LogP contribution is 2.36. The summed E-state index contributed by atoms with van der Waals surface area (Å²) in [6.07, 6.45) is 2.29. The third kappa shape index (κ3) is 3.89. The highest BCUT2D eigenvalue weighted by Gasteiger charge is 2.25. The maximum absolute atomic E-state index is 12.4. The number of rotatable bonds is 5. The Morgan fingerprint density at radius 1 is 1.35 bits per heavy atom. The molecule has 3 rings (SSSR count). The van der Waals surface area contributed by atoms with Crippen LogP contribution in [0.3, 0.4) is 0 Å². The fraction of sp³-hybridized carbons (Fsp3) is 0.294. The van der Waals surface area contributed by atoms with Gasteiger partial charge in [0.2, 0.25) is 0 Å². The quantitative estimate of drug-likeness (QED) is 0.632. The molecule has 120 valence electrons. The van der Waals surface area contributed by atoms with Gasteiger partial charge in [-0.1, -0.05) is 30.3 Å². The number of ether oxygens (including phenoxy) is 1. The molecule has 2 N–H and O–H groups in total. The van der Waals surface area contributed by atoms with Gasteiger partial charge < -0.3 is 15.4 Å². The van der Waals surface area contributed by atoms with Crippen molar-refractivity contribution in [1.82, 2.24) is 5.32 Å². The van der Waals surface area contributed by atoms with Gasteiger partial charge in [-0.15, -0.1) is 11.3 Å². The van der Waals surface area contributed by atoms with E-state index in [-0.39, 0.29) is 5.97 Å². The lowest BCUT2D eigenvalue weighted by Gasteiger charge is -2.11. The van der Waals surface area contributed by atoms with Gasteiger partial charge in [-0.3, -0.25) is 0 Å². The number of hydrogen-bond donors (Lipinski definition) is 2. The van der Waals surface area contributed by atoms with Gasteiger partial charge in [-0.05, 0) is 37.5 Å². The molecule has 0 radical (unpaired) electrons. The van der Waals surface area contributed by atoms with E-state index in [0.717, 1.165) is 29.0 Å². The van der Waals surface area contributed by atoms with Crippen LogP contribution in [0.1, 0.15) is 30.1 Å². The average Bonchev–Trinajstić information content (AvgIpc) is 3.25. The first-order chi connectivity index (χ1) is 11.2. The van der Waals surface area contributed by atoms with Crippen LogP contribution in [0.4, 0.5) is 5.00 Å². The van der Waals surface area contributed by atoms with Gasteiger partial charge >= 0.3 is 5.97 Å². The Bertz CT molecular complexity index is 709. The van der Waals surface area contributed by atoms with Crippen molar-refractivity contribution in [3.05, 3.63) is 41.3 Å². The summed E-state index contributed by atoms with van der Waals surface area (Å²) in [5.41, 5.74) is 2.40. The van der Waals surface area contributed by atoms with Crippen molar-refractivity contribution in [2.24, 2.45) is 0 Å². The first kappa shape index (κ1) is 16.0. The molecule has 1 saturated carbocycles. The molecular weight excluding hydrogens is 328 g/mol. The zero-order chi connectivity index (χ0) is 16.2. The van der Waals surface area contributed by atoms with Gasteiger partial charge in [-0.2, -0.15) is 0 Å². The Labute approximate surface area is 144 Å². The number of esters is 1. The Balaban J connectivity index is 1.90. The van der Waals surface area contributed by atoms with E-state index >= 15 is 0 Å². The molecule has 0 spiro atoms. The molecule has 1 aromatic heterocycles. The SMILES string of the molecule is CCOC(=O)c1c(-c2ccccc2)csc1NC(=S)NC1CC1. The smallest absolute Gasteiger partial charge is 0.341 e. The van der Waals surface area contributed by atoms with Crippen LogP contribution in [-0.4, -0.2) is 23.7 Å². The summed E-state index contributed by atoms with van der Waals surface area (Å²) >= 11 is 6.78. The molecule has 4 nitrogen and oxygen atoms in total. The van der Waals surface area contributed by atoms with Crippen LogP contribution >= 0.6 is 23.6 Å². The number of hydrogen-bond acceptors (Lipinski definition) is 4. The zero-order valence-corrected chi connectivity index (χ0v) is 14.4. The number of carbonyl (C=O) groups is 1. The number of thiophene rings is 1. The monoisotopic (exact) mass is 346 g/mol. The maximum Gasteiger partial charge on any atom is 0.341 e. The van der Waals surface area contributed by atoms with E-state index in [0.29, 0.717) is 23.3 Å². The molecular formula is C17H18N2O2S2. The van der Waals surface area contributed by atoms with Crippen LogP contribution in [0.25, 0.3) is 11.1 Å². The molecule has 0 amide bonds. The second-order valence-electron chi connectivity index (χ2n) is 5.31. The van der Waals surface area contributed by atoms with Crippen LogP contribution in [0.15, 0.2) is 35.7 Å². The first-order valence-corrected chi connectivity index (χ1v) is 8.89. The minimum Gasteiger partial charge on any atom is -0.462 e. The Morgan fingerprint density at radius 2 is 2.09 bits per heavy atom. The summed E-state index contributed by atoms with van der Waals surface area (Å²) in [5.74, 6) is -0.329. The topological polar surface area (TPSA) is 50.4 Å². The second kappa shape index (κ2) is 7.10. The summed E-state index contributed by atoms with van der Waals surface area (Å²) in [6.45, 7) is 2.14. The fourth-order valence-electron chi connectivity index (χ4n) is 2.24. The maximum atomic E-state index is 12.4. The lowest BCUT2D eigenvalue weighted by Crippen LogP contribution is -2.30. The Morgan fingerprint density at radius 3 is 2.74 bits per heavy atom. The third-order valence-corrected chi connectivity index (χ3v) is 4.61. The standard InChI is InChI=1S/C17H18N2O2S2/c1-2-21-16(20)14-13(11-6-4-3-5-7-11)10-23-15(14)19-17(22)18-12-8-9-12/h3-7,10,12H,2,8-9H2,1H3,(H2,18,19,22). The molecule has 0 aliphatic heterocycles. The van der Waals surface area contributed by atoms with Gasteiger partial charge in [0.05, 0.1) is 6.61 Å². The summed E-state index contributed by atoms with van der Waals surface area (Å²) < 4.78 is 5.23. The van der Waals surface area contributed by atoms with Gasteiger partial charge in [-0.25, -0.2) is 4.79 Å². The van der Waals surface area contributed by atoms with Crippen molar-refractivity contribution >= 4 is 39.6 Å². The third-order valence-electron chi connectivity index (χ3n) is 3.50. The molecule has 0 unspecified atom stereocenters. The number of nitrogens with one attached hydrogen (secondary N) is 2. The highest BCUT2D eigenvalue weighted by molar-refractivity contribution is 7.80. The molecule has 23 heavy (non-hydrogen) atoms. The molecule has 1 aromatic carbocycles. The Kier molecular flexibility index (Phi) is 4.93.